The van der Waals surface area contributed by atoms with Crippen molar-refractivity contribution >= 4 is 35.1 Å². The average Bonchev–Trinajstić information content (AvgIpc) is 2.57. The van der Waals surface area contributed by atoms with E-state index in [0.717, 1.165) is 12.0 Å². The zero-order valence-corrected chi connectivity index (χ0v) is 14.2. The van der Waals surface area contributed by atoms with Crippen molar-refractivity contribution in [1.29, 1.82) is 0 Å². The van der Waals surface area contributed by atoms with E-state index in [1.165, 1.54) is 4.90 Å². The lowest BCUT2D eigenvalue weighted by molar-refractivity contribution is -0.128. The monoisotopic (exact) mass is 352 g/mol. The molecule has 2 rings (SSSR count). The molecule has 1 aromatic rings. The number of nitrogens with one attached hydrogen (secondary N) is 2. The number of hydrogen-bond donors (Lipinski definition) is 3. The first-order valence-electron chi connectivity index (χ1n) is 7.75. The van der Waals surface area contributed by atoms with E-state index < -0.39 is 6.03 Å². The van der Waals surface area contributed by atoms with Gasteiger partial charge in [-0.2, -0.15) is 0 Å². The highest BCUT2D eigenvalue weighted by Gasteiger charge is 2.27. The van der Waals surface area contributed by atoms with Crippen LogP contribution in [0.25, 0.3) is 0 Å². The third-order valence-corrected chi connectivity index (χ3v) is 4.48. The molecule has 0 radical (unpaired) electrons. The zero-order chi connectivity index (χ0) is 17.7. The number of amides is 4. The summed E-state index contributed by atoms with van der Waals surface area (Å²) >= 11 is 6.00. The van der Waals surface area contributed by atoms with Gasteiger partial charge in [-0.1, -0.05) is 17.7 Å². The first-order chi connectivity index (χ1) is 11.4. The lowest BCUT2D eigenvalue weighted by Crippen LogP contribution is -2.48. The summed E-state index contributed by atoms with van der Waals surface area (Å²) in [5, 5.41) is 5.88. The van der Waals surface area contributed by atoms with Gasteiger partial charge in [0.15, 0.2) is 0 Å². The third kappa shape index (κ3) is 4.61. The number of likely N-dealkylation sites (tertiary alicyclic amines) is 1. The Morgan fingerprint density at radius 1 is 1.38 bits per heavy atom. The molecule has 0 saturated carbocycles. The molecule has 130 valence electrons. The van der Waals surface area contributed by atoms with Crippen LogP contribution in [-0.2, 0) is 9.59 Å². The molecule has 7 nitrogen and oxygen atoms in total. The number of nitrogens with zero attached hydrogens (tertiary/aromatic N) is 1. The van der Waals surface area contributed by atoms with E-state index in [1.54, 1.807) is 25.1 Å². The highest BCUT2D eigenvalue weighted by Crippen LogP contribution is 2.22. The smallest absolute Gasteiger partial charge is 0.314 e. The van der Waals surface area contributed by atoms with Crippen LogP contribution in [0.15, 0.2) is 18.2 Å². The molecule has 0 unspecified atom stereocenters. The van der Waals surface area contributed by atoms with Crippen LogP contribution in [0.1, 0.15) is 18.4 Å². The van der Waals surface area contributed by atoms with E-state index in [1.807, 2.05) is 0 Å². The Morgan fingerprint density at radius 2 is 2.12 bits per heavy atom. The maximum Gasteiger partial charge on any atom is 0.314 e. The van der Waals surface area contributed by atoms with Gasteiger partial charge >= 0.3 is 6.03 Å². The van der Waals surface area contributed by atoms with Crippen molar-refractivity contribution in [3.8, 4) is 0 Å². The number of benzene rings is 1. The number of rotatable bonds is 4. The van der Waals surface area contributed by atoms with E-state index in [4.69, 9.17) is 17.3 Å². The fourth-order valence-electron chi connectivity index (χ4n) is 2.64. The average molecular weight is 353 g/mol. The minimum Gasteiger partial charge on any atom is -0.351 e. The van der Waals surface area contributed by atoms with Gasteiger partial charge in [0.25, 0.3) is 0 Å². The van der Waals surface area contributed by atoms with Crippen molar-refractivity contribution < 1.29 is 14.4 Å². The summed E-state index contributed by atoms with van der Waals surface area (Å²) in [7, 11) is 0. The van der Waals surface area contributed by atoms with Crippen LogP contribution in [0.5, 0.6) is 0 Å². The quantitative estimate of drug-likeness (QED) is 0.764. The fourth-order valence-corrected chi connectivity index (χ4v) is 2.81. The van der Waals surface area contributed by atoms with Gasteiger partial charge in [-0.25, -0.2) is 4.79 Å². The van der Waals surface area contributed by atoms with Crippen LogP contribution in [0, 0.1) is 12.8 Å². The largest absolute Gasteiger partial charge is 0.351 e. The first kappa shape index (κ1) is 18.1. The Bertz CT molecular complexity index is 650. The summed E-state index contributed by atoms with van der Waals surface area (Å²) in [5.41, 5.74) is 6.62. The van der Waals surface area contributed by atoms with E-state index >= 15 is 0 Å². The third-order valence-electron chi connectivity index (χ3n) is 4.07. The Hall–Kier alpha value is -2.28. The molecule has 1 heterocycles. The van der Waals surface area contributed by atoms with Gasteiger partial charge in [-0.3, -0.25) is 9.59 Å². The van der Waals surface area contributed by atoms with Crippen LogP contribution in [0.4, 0.5) is 10.5 Å². The summed E-state index contributed by atoms with van der Waals surface area (Å²) in [5.74, 6) is -0.929. The predicted molar refractivity (Wildman–Crippen MR) is 91.7 cm³/mol. The van der Waals surface area contributed by atoms with Gasteiger partial charge in [0.05, 0.1) is 12.5 Å². The Morgan fingerprint density at radius 3 is 2.83 bits per heavy atom. The summed E-state index contributed by atoms with van der Waals surface area (Å²) in [4.78, 5) is 36.8. The zero-order valence-electron chi connectivity index (χ0n) is 13.5. The molecule has 1 aromatic carbocycles. The van der Waals surface area contributed by atoms with Crippen LogP contribution in [0.2, 0.25) is 5.02 Å². The molecule has 0 spiro atoms. The number of urea groups is 1. The summed E-state index contributed by atoms with van der Waals surface area (Å²) in [6, 6.07) is 4.69. The second kappa shape index (κ2) is 8.01. The summed E-state index contributed by atoms with van der Waals surface area (Å²) in [6.45, 7) is 2.51. The molecule has 0 aromatic heterocycles. The molecule has 1 fully saturated rings. The van der Waals surface area contributed by atoms with Crippen LogP contribution >= 0.6 is 11.6 Å². The van der Waals surface area contributed by atoms with Crippen molar-refractivity contribution in [2.24, 2.45) is 11.7 Å². The number of carbonyl (C=O) groups is 3. The fraction of sp³-hybridized carbons (Fsp3) is 0.438. The van der Waals surface area contributed by atoms with Gasteiger partial charge in [0.2, 0.25) is 11.8 Å². The number of piperidine rings is 1. The Labute approximate surface area is 145 Å². The number of anilines is 1. The molecular formula is C16H21ClN4O3. The minimum atomic E-state index is -0.526. The molecule has 0 bridgehead atoms. The topological polar surface area (TPSA) is 105 Å². The minimum absolute atomic E-state index is 0.141. The summed E-state index contributed by atoms with van der Waals surface area (Å²) < 4.78 is 0. The molecule has 1 saturated heterocycles. The molecule has 24 heavy (non-hydrogen) atoms. The molecule has 0 aliphatic carbocycles. The summed E-state index contributed by atoms with van der Waals surface area (Å²) in [6.07, 6.45) is 1.39. The number of carbonyl (C=O) groups excluding carboxylic acids is 3. The van der Waals surface area contributed by atoms with E-state index in [-0.39, 0.29) is 30.8 Å². The van der Waals surface area contributed by atoms with Gasteiger partial charge < -0.3 is 21.3 Å². The van der Waals surface area contributed by atoms with Crippen molar-refractivity contribution in [3.63, 3.8) is 0 Å². The highest BCUT2D eigenvalue weighted by atomic mass is 35.5. The van der Waals surface area contributed by atoms with Crippen molar-refractivity contribution in [1.82, 2.24) is 10.2 Å². The molecule has 1 aliphatic heterocycles. The van der Waals surface area contributed by atoms with E-state index in [2.05, 4.69) is 10.6 Å². The van der Waals surface area contributed by atoms with Crippen molar-refractivity contribution in [2.75, 3.05) is 25.0 Å². The second-order valence-corrected chi connectivity index (χ2v) is 6.21. The van der Waals surface area contributed by atoms with Gasteiger partial charge in [0.1, 0.15) is 0 Å². The lowest BCUT2D eigenvalue weighted by Gasteiger charge is -2.30. The van der Waals surface area contributed by atoms with Crippen LogP contribution in [0.3, 0.4) is 0 Å². The van der Waals surface area contributed by atoms with Crippen molar-refractivity contribution in [2.45, 2.75) is 19.8 Å². The maximum atomic E-state index is 12.2. The molecular weight excluding hydrogens is 332 g/mol. The lowest BCUT2D eigenvalue weighted by atomic mass is 9.97. The molecule has 1 aliphatic rings. The van der Waals surface area contributed by atoms with Crippen LogP contribution in [-0.4, -0.2) is 42.4 Å². The van der Waals surface area contributed by atoms with E-state index in [9.17, 15) is 14.4 Å². The van der Waals surface area contributed by atoms with Gasteiger partial charge in [-0.15, -0.1) is 0 Å². The standard InChI is InChI=1S/C16H21ClN4O3/c1-10-12(17)5-2-6-13(10)20-14(22)8-19-15(23)11-4-3-7-21(9-11)16(18)24/h2,5-6,11H,3-4,7-9H2,1H3,(H2,18,24)(H,19,23)(H,20,22)/t11-/m0/s1. The number of hydrogen-bond acceptors (Lipinski definition) is 3. The number of primary amides is 1. The normalized spacial score (nSPS) is 17.2. The molecule has 4 N–H and O–H groups in total. The first-order valence-corrected chi connectivity index (χ1v) is 8.13. The Balaban J connectivity index is 1.84. The van der Waals surface area contributed by atoms with Crippen molar-refractivity contribution in [3.05, 3.63) is 28.8 Å². The number of nitrogens with two attached hydrogens (primary N) is 1. The highest BCUT2D eigenvalue weighted by molar-refractivity contribution is 6.31. The van der Waals surface area contributed by atoms with E-state index in [0.29, 0.717) is 23.7 Å². The van der Waals surface area contributed by atoms with Gasteiger partial charge in [0, 0.05) is 23.8 Å². The predicted octanol–water partition coefficient (Wildman–Crippen LogP) is 1.49. The van der Waals surface area contributed by atoms with Crippen LogP contribution < -0.4 is 16.4 Å². The molecule has 1 atom stereocenters. The SMILES string of the molecule is Cc1c(Cl)cccc1NC(=O)CNC(=O)[C@H]1CCCN(C(N)=O)C1. The Kier molecular flexibility index (Phi) is 6.03. The van der Waals surface area contributed by atoms with Gasteiger partial charge in [-0.05, 0) is 37.5 Å². The molecule has 4 amide bonds. The molecule has 8 heteroatoms. The number of halogens is 1. The maximum absolute atomic E-state index is 12.2. The second-order valence-electron chi connectivity index (χ2n) is 5.80.